The van der Waals surface area contributed by atoms with Gasteiger partial charge in [-0.3, -0.25) is 14.7 Å². The van der Waals surface area contributed by atoms with Crippen LogP contribution in [0.25, 0.3) is 0 Å². The van der Waals surface area contributed by atoms with Gasteiger partial charge in [-0.1, -0.05) is 26.0 Å². The first-order valence-electron chi connectivity index (χ1n) is 8.34. The fraction of sp³-hybridized carbons (Fsp3) is 0.389. The van der Waals surface area contributed by atoms with Crippen LogP contribution in [-0.4, -0.2) is 47.1 Å². The number of benzene rings is 1. The molecule has 0 fully saturated rings. The Kier molecular flexibility index (Phi) is 6.79. The molecule has 7 nitrogen and oxygen atoms in total. The Balaban J connectivity index is 2.11. The highest BCUT2D eigenvalue weighted by Crippen LogP contribution is 2.26. The van der Waals surface area contributed by atoms with E-state index in [0.717, 1.165) is 5.69 Å². The molecule has 0 radical (unpaired) electrons. The van der Waals surface area contributed by atoms with Crippen LogP contribution >= 0.6 is 15.9 Å². The minimum Gasteiger partial charge on any atom is -0.495 e. The van der Waals surface area contributed by atoms with Crippen LogP contribution in [0, 0.1) is 0 Å². The van der Waals surface area contributed by atoms with Gasteiger partial charge in [0.1, 0.15) is 12.3 Å². The summed E-state index contributed by atoms with van der Waals surface area (Å²) in [6.07, 6.45) is 0. The number of carbonyl (C=O) groups is 2. The summed E-state index contributed by atoms with van der Waals surface area (Å²) >= 11 is 3.43. The summed E-state index contributed by atoms with van der Waals surface area (Å²) < 4.78 is 5.86. The lowest BCUT2D eigenvalue weighted by molar-refractivity contribution is -0.116. The molecule has 0 saturated carbocycles. The number of halogens is 1. The van der Waals surface area contributed by atoms with Gasteiger partial charge in [0.15, 0.2) is 5.69 Å². The van der Waals surface area contributed by atoms with Crippen LogP contribution in [-0.2, 0) is 4.79 Å². The smallest absolute Gasteiger partial charge is 0.275 e. The number of H-pyrrole nitrogens is 1. The van der Waals surface area contributed by atoms with Gasteiger partial charge in [-0.2, -0.15) is 5.10 Å². The average molecular weight is 423 g/mol. The Hall–Kier alpha value is -2.35. The Morgan fingerprint density at radius 1 is 1.35 bits per heavy atom. The molecule has 0 saturated heterocycles. The van der Waals surface area contributed by atoms with E-state index in [2.05, 4.69) is 31.4 Å². The van der Waals surface area contributed by atoms with Crippen LogP contribution in [0.3, 0.4) is 0 Å². The molecular weight excluding hydrogens is 400 g/mol. The summed E-state index contributed by atoms with van der Waals surface area (Å²) in [5.41, 5.74) is 1.69. The molecule has 0 unspecified atom stereocenters. The number of likely N-dealkylation sites (N-methyl/N-ethyl adjacent to an activating group) is 1. The highest BCUT2D eigenvalue weighted by Gasteiger charge is 2.25. The zero-order valence-corrected chi connectivity index (χ0v) is 16.9. The third-order valence-electron chi connectivity index (χ3n) is 3.90. The molecule has 0 spiro atoms. The molecule has 1 heterocycles. The van der Waals surface area contributed by atoms with E-state index in [1.807, 2.05) is 26.8 Å². The number of nitrogens with zero attached hydrogens (tertiary/aromatic N) is 2. The van der Waals surface area contributed by atoms with Crippen LogP contribution in [0.5, 0.6) is 5.75 Å². The number of hydrogen-bond acceptors (Lipinski definition) is 4. The summed E-state index contributed by atoms with van der Waals surface area (Å²) in [5, 5.41) is 9.76. The SMILES string of the molecule is CCN(CC(=O)Nc1ccccc1OC)C(=O)c1n[nH]c(C(C)C)c1Br. The lowest BCUT2D eigenvalue weighted by atomic mass is 10.1. The minimum atomic E-state index is -0.308. The van der Waals surface area contributed by atoms with E-state index < -0.39 is 0 Å². The molecule has 1 aromatic carbocycles. The van der Waals surface area contributed by atoms with Gasteiger partial charge in [-0.05, 0) is 40.9 Å². The summed E-state index contributed by atoms with van der Waals surface area (Å²) in [5.74, 6) is 0.146. The minimum absolute atomic E-state index is 0.0797. The van der Waals surface area contributed by atoms with Crippen molar-refractivity contribution in [2.75, 3.05) is 25.5 Å². The lowest BCUT2D eigenvalue weighted by Gasteiger charge is -2.20. The van der Waals surface area contributed by atoms with Gasteiger partial charge in [-0.15, -0.1) is 0 Å². The van der Waals surface area contributed by atoms with Crippen molar-refractivity contribution >= 4 is 33.4 Å². The van der Waals surface area contributed by atoms with E-state index in [9.17, 15) is 9.59 Å². The van der Waals surface area contributed by atoms with Crippen LogP contribution in [0.1, 0.15) is 42.9 Å². The Bertz CT molecular complexity index is 788. The number of nitrogens with one attached hydrogen (secondary N) is 2. The second-order valence-electron chi connectivity index (χ2n) is 6.02. The van der Waals surface area contributed by atoms with Gasteiger partial charge in [0.05, 0.1) is 23.0 Å². The largest absolute Gasteiger partial charge is 0.495 e. The molecular formula is C18H23BrN4O3. The van der Waals surface area contributed by atoms with E-state index in [4.69, 9.17) is 4.74 Å². The Morgan fingerprint density at radius 3 is 2.62 bits per heavy atom. The first kappa shape index (κ1) is 20.0. The quantitative estimate of drug-likeness (QED) is 0.715. The number of amides is 2. The van der Waals surface area contributed by atoms with Crippen molar-refractivity contribution in [3.05, 3.63) is 40.1 Å². The zero-order chi connectivity index (χ0) is 19.3. The average Bonchev–Trinajstić information content (AvgIpc) is 3.01. The second kappa shape index (κ2) is 8.84. The number of aromatic nitrogens is 2. The first-order chi connectivity index (χ1) is 12.4. The maximum Gasteiger partial charge on any atom is 0.275 e. The van der Waals surface area contributed by atoms with Crippen molar-refractivity contribution in [1.82, 2.24) is 15.1 Å². The molecule has 2 aromatic rings. The summed E-state index contributed by atoms with van der Waals surface area (Å²) in [7, 11) is 1.54. The molecule has 0 bridgehead atoms. The molecule has 2 amide bonds. The van der Waals surface area contributed by atoms with Crippen LogP contribution in [0.2, 0.25) is 0 Å². The fourth-order valence-electron chi connectivity index (χ4n) is 2.45. The third kappa shape index (κ3) is 4.43. The van der Waals surface area contributed by atoms with E-state index in [0.29, 0.717) is 22.5 Å². The standard InChI is InChI=1S/C18H23BrN4O3/c1-5-23(18(25)17-15(19)16(11(2)3)21-22-17)10-14(24)20-12-8-6-7-9-13(12)26-4/h6-9,11H,5,10H2,1-4H3,(H,20,24)(H,21,22). The number of para-hydroxylation sites is 2. The Morgan fingerprint density at radius 2 is 2.04 bits per heavy atom. The van der Waals surface area contributed by atoms with Crippen molar-refractivity contribution in [3.8, 4) is 5.75 Å². The molecule has 0 aliphatic rings. The van der Waals surface area contributed by atoms with Gasteiger partial charge in [0, 0.05) is 6.54 Å². The van der Waals surface area contributed by atoms with Gasteiger partial charge in [0.25, 0.3) is 5.91 Å². The van der Waals surface area contributed by atoms with Gasteiger partial charge in [-0.25, -0.2) is 0 Å². The van der Waals surface area contributed by atoms with Crippen molar-refractivity contribution in [3.63, 3.8) is 0 Å². The number of hydrogen-bond donors (Lipinski definition) is 2. The molecule has 26 heavy (non-hydrogen) atoms. The lowest BCUT2D eigenvalue weighted by Crippen LogP contribution is -2.38. The van der Waals surface area contributed by atoms with Crippen molar-refractivity contribution in [2.45, 2.75) is 26.7 Å². The van der Waals surface area contributed by atoms with E-state index in [-0.39, 0.29) is 30.0 Å². The number of carbonyl (C=O) groups excluding carboxylic acids is 2. The normalized spacial score (nSPS) is 10.7. The summed E-state index contributed by atoms with van der Waals surface area (Å²) in [6.45, 7) is 6.13. The summed E-state index contributed by atoms with van der Waals surface area (Å²) in [6, 6.07) is 7.12. The molecule has 1 aromatic heterocycles. The molecule has 0 atom stereocenters. The highest BCUT2D eigenvalue weighted by atomic mass is 79.9. The topological polar surface area (TPSA) is 87.3 Å². The van der Waals surface area contributed by atoms with Gasteiger partial charge < -0.3 is 15.0 Å². The fourth-order valence-corrected chi connectivity index (χ4v) is 3.26. The van der Waals surface area contributed by atoms with Crippen LogP contribution in [0.15, 0.2) is 28.7 Å². The molecule has 0 aliphatic heterocycles. The third-order valence-corrected chi connectivity index (χ3v) is 4.70. The van der Waals surface area contributed by atoms with Gasteiger partial charge >= 0.3 is 0 Å². The monoisotopic (exact) mass is 422 g/mol. The molecule has 140 valence electrons. The number of anilines is 1. The molecule has 2 rings (SSSR count). The maximum absolute atomic E-state index is 12.8. The van der Waals surface area contributed by atoms with Crippen LogP contribution < -0.4 is 10.1 Å². The summed E-state index contributed by atoms with van der Waals surface area (Å²) in [4.78, 5) is 26.6. The molecule has 2 N–H and O–H groups in total. The predicted octanol–water partition coefficient (Wildman–Crippen LogP) is 3.41. The van der Waals surface area contributed by atoms with E-state index in [1.54, 1.807) is 18.2 Å². The Labute approximate surface area is 161 Å². The molecule has 0 aliphatic carbocycles. The second-order valence-corrected chi connectivity index (χ2v) is 6.82. The zero-order valence-electron chi connectivity index (χ0n) is 15.3. The van der Waals surface area contributed by atoms with Crippen molar-refractivity contribution in [2.24, 2.45) is 0 Å². The van der Waals surface area contributed by atoms with Crippen molar-refractivity contribution < 1.29 is 14.3 Å². The number of rotatable bonds is 7. The number of methoxy groups -OCH3 is 1. The van der Waals surface area contributed by atoms with E-state index in [1.165, 1.54) is 12.0 Å². The number of aromatic amines is 1. The van der Waals surface area contributed by atoms with Crippen LogP contribution in [0.4, 0.5) is 5.69 Å². The predicted molar refractivity (Wildman–Crippen MR) is 104 cm³/mol. The highest BCUT2D eigenvalue weighted by molar-refractivity contribution is 9.10. The van der Waals surface area contributed by atoms with Gasteiger partial charge in [0.2, 0.25) is 5.91 Å². The first-order valence-corrected chi connectivity index (χ1v) is 9.14. The maximum atomic E-state index is 12.8. The van der Waals surface area contributed by atoms with E-state index >= 15 is 0 Å². The molecule has 8 heteroatoms. The number of ether oxygens (including phenoxy) is 1. The van der Waals surface area contributed by atoms with Crippen molar-refractivity contribution in [1.29, 1.82) is 0 Å².